The van der Waals surface area contributed by atoms with Crippen LogP contribution in [0.4, 0.5) is 5.69 Å². The van der Waals surface area contributed by atoms with E-state index >= 15 is 0 Å². The van der Waals surface area contributed by atoms with Crippen molar-refractivity contribution in [1.82, 2.24) is 15.2 Å². The van der Waals surface area contributed by atoms with Gasteiger partial charge in [0, 0.05) is 18.5 Å². The minimum absolute atomic E-state index is 0.159. The van der Waals surface area contributed by atoms with E-state index < -0.39 is 0 Å². The first-order valence-corrected chi connectivity index (χ1v) is 8.42. The van der Waals surface area contributed by atoms with Crippen LogP contribution >= 0.6 is 0 Å². The molecule has 0 atom stereocenters. The second kappa shape index (κ2) is 7.15. The summed E-state index contributed by atoms with van der Waals surface area (Å²) in [5.74, 6) is 5.36. The molecule has 0 saturated carbocycles. The molecule has 0 bridgehead atoms. The number of H-pyrrole nitrogens is 1. The number of likely N-dealkylation sites (N-methyl/N-ethyl adjacent to an activating group) is 1. The maximum absolute atomic E-state index is 13.0. The van der Waals surface area contributed by atoms with Crippen LogP contribution in [0.2, 0.25) is 0 Å². The van der Waals surface area contributed by atoms with Crippen molar-refractivity contribution in [1.29, 1.82) is 0 Å². The molecule has 3 aromatic rings. The summed E-state index contributed by atoms with van der Waals surface area (Å²) in [7, 11) is 3.88. The van der Waals surface area contributed by atoms with Crippen molar-refractivity contribution in [2.24, 2.45) is 5.84 Å². The molecule has 0 aliphatic carbocycles. The number of nitrogens with zero attached hydrogens (tertiary/aromatic N) is 1. The molecule has 5 N–H and O–H groups in total. The Kier molecular flexibility index (Phi) is 4.92. The monoisotopic (exact) mass is 353 g/mol. The van der Waals surface area contributed by atoms with Gasteiger partial charge < -0.3 is 20.6 Å². The number of aromatic amines is 1. The number of amides is 1. The van der Waals surface area contributed by atoms with Gasteiger partial charge in [0.15, 0.2) is 5.43 Å². The maximum atomic E-state index is 13.0. The van der Waals surface area contributed by atoms with E-state index in [-0.39, 0.29) is 11.3 Å². The molecule has 136 valence electrons. The summed E-state index contributed by atoms with van der Waals surface area (Å²) in [6, 6.07) is 8.85. The zero-order valence-electron chi connectivity index (χ0n) is 15.1. The molecule has 26 heavy (non-hydrogen) atoms. The van der Waals surface area contributed by atoms with Crippen LogP contribution in [0.25, 0.3) is 21.8 Å². The van der Waals surface area contributed by atoms with Crippen molar-refractivity contribution in [3.8, 4) is 0 Å². The van der Waals surface area contributed by atoms with Gasteiger partial charge in [0.2, 0.25) is 0 Å². The molecule has 7 nitrogen and oxygen atoms in total. The normalized spacial score (nSPS) is 11.3. The first-order chi connectivity index (χ1) is 12.4. The summed E-state index contributed by atoms with van der Waals surface area (Å²) in [6.07, 6.45) is 0. The highest BCUT2D eigenvalue weighted by Gasteiger charge is 2.17. The second-order valence-electron chi connectivity index (χ2n) is 6.57. The zero-order chi connectivity index (χ0) is 18.8. The number of nitrogen functional groups attached to an aromatic ring is 1. The molecular formula is C19H23N5O2. The van der Waals surface area contributed by atoms with Crippen LogP contribution in [-0.4, -0.2) is 43.0 Å². The standard InChI is InChI=1S/C19H23N5O2/c1-11-5-4-6-12-16(11)22-17-13(19(26)21-9-10-24(2)3)7-8-14(23-20)15(17)18(12)25/h4-8,23H,9-10,20H2,1-3H3,(H,21,26)(H,22,25). The Bertz CT molecular complexity index is 1040. The molecule has 1 aromatic heterocycles. The molecule has 0 fully saturated rings. The van der Waals surface area contributed by atoms with Crippen LogP contribution in [0.5, 0.6) is 0 Å². The second-order valence-corrected chi connectivity index (χ2v) is 6.57. The van der Waals surface area contributed by atoms with Crippen LogP contribution in [0.3, 0.4) is 0 Å². The summed E-state index contributed by atoms with van der Waals surface area (Å²) in [6.45, 7) is 3.16. The largest absolute Gasteiger partial charge is 0.353 e. The lowest BCUT2D eigenvalue weighted by Gasteiger charge is -2.14. The van der Waals surface area contributed by atoms with E-state index in [9.17, 15) is 9.59 Å². The van der Waals surface area contributed by atoms with Gasteiger partial charge in [-0.1, -0.05) is 12.1 Å². The Morgan fingerprint density at radius 3 is 2.65 bits per heavy atom. The summed E-state index contributed by atoms with van der Waals surface area (Å²) in [5.41, 5.74) is 5.44. The molecule has 0 spiro atoms. The van der Waals surface area contributed by atoms with Gasteiger partial charge in [-0.25, -0.2) is 0 Å². The van der Waals surface area contributed by atoms with Crippen molar-refractivity contribution in [3.05, 3.63) is 51.7 Å². The van der Waals surface area contributed by atoms with Crippen molar-refractivity contribution in [2.75, 3.05) is 32.6 Å². The van der Waals surface area contributed by atoms with Gasteiger partial charge in [0.05, 0.1) is 27.7 Å². The number of pyridine rings is 1. The fraction of sp³-hybridized carbons (Fsp3) is 0.263. The van der Waals surface area contributed by atoms with Gasteiger partial charge >= 0.3 is 0 Å². The van der Waals surface area contributed by atoms with Gasteiger partial charge in [0.1, 0.15) is 0 Å². The van der Waals surface area contributed by atoms with Crippen molar-refractivity contribution >= 4 is 33.4 Å². The van der Waals surface area contributed by atoms with Gasteiger partial charge in [-0.05, 0) is 44.8 Å². The highest BCUT2D eigenvalue weighted by Crippen LogP contribution is 2.25. The van der Waals surface area contributed by atoms with Crippen molar-refractivity contribution < 1.29 is 4.79 Å². The number of aromatic nitrogens is 1. The number of fused-ring (bicyclic) bond motifs is 2. The maximum Gasteiger partial charge on any atom is 0.253 e. The van der Waals surface area contributed by atoms with Gasteiger partial charge in [-0.3, -0.25) is 15.4 Å². The topological polar surface area (TPSA) is 103 Å². The Hall–Kier alpha value is -2.90. The lowest BCUT2D eigenvalue weighted by Crippen LogP contribution is -2.31. The number of hydrogen-bond acceptors (Lipinski definition) is 5. The summed E-state index contributed by atoms with van der Waals surface area (Å²) in [5, 5.41) is 3.84. The van der Waals surface area contributed by atoms with Crippen molar-refractivity contribution in [3.63, 3.8) is 0 Å². The van der Waals surface area contributed by atoms with Crippen LogP contribution in [0, 0.1) is 6.92 Å². The molecule has 0 saturated heterocycles. The molecular weight excluding hydrogens is 330 g/mol. The first kappa shape index (κ1) is 17.9. The van der Waals surface area contributed by atoms with Crippen LogP contribution < -0.4 is 22.0 Å². The fourth-order valence-electron chi connectivity index (χ4n) is 3.05. The lowest BCUT2D eigenvalue weighted by molar-refractivity contribution is 0.0952. The average Bonchev–Trinajstić information content (AvgIpc) is 2.61. The fourth-order valence-corrected chi connectivity index (χ4v) is 3.05. The van der Waals surface area contributed by atoms with Gasteiger partial charge in [-0.2, -0.15) is 0 Å². The Labute approximate surface area is 151 Å². The number of benzene rings is 2. The highest BCUT2D eigenvalue weighted by atomic mass is 16.1. The molecule has 7 heteroatoms. The first-order valence-electron chi connectivity index (χ1n) is 8.42. The molecule has 0 unspecified atom stereocenters. The minimum atomic E-state index is -0.232. The summed E-state index contributed by atoms with van der Waals surface area (Å²) < 4.78 is 0. The summed E-state index contributed by atoms with van der Waals surface area (Å²) >= 11 is 0. The molecule has 0 radical (unpaired) electrons. The Morgan fingerprint density at radius 2 is 1.96 bits per heavy atom. The number of rotatable bonds is 5. The SMILES string of the molecule is Cc1cccc2c(=O)c3c(NN)ccc(C(=O)NCCN(C)C)c3[nH]c12. The smallest absolute Gasteiger partial charge is 0.253 e. The third-order valence-electron chi connectivity index (χ3n) is 4.44. The zero-order valence-corrected chi connectivity index (χ0v) is 15.1. The number of aryl methyl sites for hydroxylation is 1. The molecule has 1 heterocycles. The molecule has 0 aliphatic heterocycles. The number of carbonyl (C=O) groups excluding carboxylic acids is 1. The predicted molar refractivity (Wildman–Crippen MR) is 106 cm³/mol. The Morgan fingerprint density at radius 1 is 1.19 bits per heavy atom. The van der Waals surface area contributed by atoms with Gasteiger partial charge in [-0.15, -0.1) is 0 Å². The number of nitrogens with one attached hydrogen (secondary N) is 3. The van der Waals surface area contributed by atoms with E-state index in [4.69, 9.17) is 5.84 Å². The molecule has 2 aromatic carbocycles. The van der Waals surface area contributed by atoms with E-state index in [1.807, 2.05) is 38.1 Å². The van der Waals surface area contributed by atoms with Crippen LogP contribution in [0.15, 0.2) is 35.1 Å². The number of hydrazine groups is 1. The van der Waals surface area contributed by atoms with E-state index in [1.165, 1.54) is 0 Å². The predicted octanol–water partition coefficient (Wildman–Crippen LogP) is 1.57. The highest BCUT2D eigenvalue weighted by molar-refractivity contribution is 6.11. The number of para-hydroxylation sites is 1. The Balaban J connectivity index is 2.22. The number of nitrogens with two attached hydrogens (primary N) is 1. The van der Waals surface area contributed by atoms with E-state index in [2.05, 4.69) is 15.7 Å². The van der Waals surface area contributed by atoms with Crippen LogP contribution in [0.1, 0.15) is 15.9 Å². The third kappa shape index (κ3) is 3.14. The molecule has 3 rings (SSSR count). The minimum Gasteiger partial charge on any atom is -0.353 e. The molecule has 0 aliphatic rings. The number of anilines is 1. The molecule has 1 amide bonds. The number of carbonyl (C=O) groups is 1. The summed E-state index contributed by atoms with van der Waals surface area (Å²) in [4.78, 5) is 31.0. The van der Waals surface area contributed by atoms with E-state index in [0.717, 1.165) is 17.6 Å². The van der Waals surface area contributed by atoms with E-state index in [0.29, 0.717) is 34.1 Å². The lowest BCUT2D eigenvalue weighted by atomic mass is 10.0. The number of hydrogen-bond donors (Lipinski definition) is 4. The van der Waals surface area contributed by atoms with E-state index in [1.54, 1.807) is 18.2 Å². The van der Waals surface area contributed by atoms with Crippen molar-refractivity contribution in [2.45, 2.75) is 6.92 Å². The average molecular weight is 353 g/mol. The quantitative estimate of drug-likeness (QED) is 0.317. The third-order valence-corrected chi connectivity index (χ3v) is 4.44. The van der Waals surface area contributed by atoms with Gasteiger partial charge in [0.25, 0.3) is 5.91 Å². The van der Waals surface area contributed by atoms with Crippen LogP contribution in [-0.2, 0) is 0 Å².